The van der Waals surface area contributed by atoms with Crippen LogP contribution in [-0.4, -0.2) is 13.8 Å². The minimum absolute atomic E-state index is 0. The summed E-state index contributed by atoms with van der Waals surface area (Å²) in [5.74, 6) is -0.788. The summed E-state index contributed by atoms with van der Waals surface area (Å²) in [4.78, 5) is 11.1. The van der Waals surface area contributed by atoms with Crippen LogP contribution in [0.4, 0.5) is 10.1 Å². The smallest absolute Gasteiger partial charge is 0.224 e. The van der Waals surface area contributed by atoms with Crippen LogP contribution in [0, 0.1) is 12.7 Å². The van der Waals surface area contributed by atoms with Gasteiger partial charge in [0.25, 0.3) is 0 Å². The molecule has 0 aliphatic heterocycles. The van der Waals surface area contributed by atoms with E-state index in [2.05, 4.69) is 5.32 Å². The lowest BCUT2D eigenvalue weighted by Crippen LogP contribution is -2.17. The number of anilines is 1. The van der Waals surface area contributed by atoms with Gasteiger partial charge in [0.2, 0.25) is 5.91 Å². The van der Waals surface area contributed by atoms with Crippen LogP contribution < -0.4 is 10.8 Å². The Morgan fingerprint density at radius 1 is 1.50 bits per heavy atom. The molecule has 0 aliphatic rings. The molecule has 0 spiro atoms. The van der Waals surface area contributed by atoms with Gasteiger partial charge >= 0.3 is 0 Å². The molecule has 0 unspecified atom stereocenters. The summed E-state index contributed by atoms with van der Waals surface area (Å²) in [6.45, 7) is 7.42. The lowest BCUT2D eigenvalue weighted by atomic mass is 9.93. The number of aryl methyl sites for hydroxylation is 1. The Morgan fingerprint density at radius 2 is 2.06 bits per heavy atom. The van der Waals surface area contributed by atoms with E-state index in [0.717, 1.165) is 0 Å². The van der Waals surface area contributed by atoms with Crippen LogP contribution >= 0.6 is 0 Å². The van der Waals surface area contributed by atoms with Crippen molar-refractivity contribution in [2.24, 2.45) is 0 Å². The Labute approximate surface area is 99.1 Å². The fourth-order valence-corrected chi connectivity index (χ4v) is 1.07. The van der Waals surface area contributed by atoms with Crippen molar-refractivity contribution >= 4 is 24.9 Å². The molecule has 0 saturated carbocycles. The Morgan fingerprint density at radius 3 is 2.56 bits per heavy atom. The van der Waals surface area contributed by atoms with Gasteiger partial charge in [0, 0.05) is 7.85 Å². The van der Waals surface area contributed by atoms with Crippen molar-refractivity contribution < 1.29 is 10.6 Å². The summed E-state index contributed by atoms with van der Waals surface area (Å²) >= 11 is 0. The van der Waals surface area contributed by atoms with E-state index >= 15 is 0 Å². The van der Waals surface area contributed by atoms with Crippen LogP contribution in [0.3, 0.4) is 0 Å². The number of carbonyl (C=O) groups excluding carboxylic acids is 1. The summed E-state index contributed by atoms with van der Waals surface area (Å²) in [7, 11) is 5.38. The number of rotatable bonds is 2. The predicted molar refractivity (Wildman–Crippen MR) is 68.9 cm³/mol. The maximum absolute atomic E-state index is 13.4. The number of carbonyl (C=O) groups is 1. The predicted octanol–water partition coefficient (Wildman–Crippen LogP) is 2.55. The van der Waals surface area contributed by atoms with Crippen molar-refractivity contribution in [2.75, 3.05) is 5.32 Å². The first-order chi connectivity index (χ1) is 7.56. The van der Waals surface area contributed by atoms with Gasteiger partial charge in [0.1, 0.15) is 13.7 Å². The number of hydrogen-bond donors (Lipinski definition) is 1. The molecule has 0 aliphatic carbocycles. The molecule has 1 N–H and O–H groups in total. The molecular weight excluding hydrogens is 204 g/mol. The number of amides is 1. The zero-order chi connectivity index (χ0) is 12.7. The van der Waals surface area contributed by atoms with Gasteiger partial charge in [-0.1, -0.05) is 38.4 Å². The maximum Gasteiger partial charge on any atom is 0.224 e. The molecule has 0 bridgehead atoms. The van der Waals surface area contributed by atoms with Gasteiger partial charge in [0.15, 0.2) is 0 Å². The highest BCUT2D eigenvalue weighted by Gasteiger charge is 2.09. The maximum atomic E-state index is 13.4. The summed E-state index contributed by atoms with van der Waals surface area (Å²) in [5, 5.41) is 2.48. The Balaban J connectivity index is 0. The summed E-state index contributed by atoms with van der Waals surface area (Å²) in [6.07, 6.45) is 0.313. The quantitative estimate of drug-likeness (QED) is 0.767. The van der Waals surface area contributed by atoms with E-state index in [0.29, 0.717) is 12.0 Å². The van der Waals surface area contributed by atoms with E-state index in [-0.39, 0.29) is 18.5 Å². The molecule has 2 radical (unpaired) electrons. The van der Waals surface area contributed by atoms with Crippen molar-refractivity contribution in [2.45, 2.75) is 34.1 Å². The molecule has 1 amide bonds. The van der Waals surface area contributed by atoms with Gasteiger partial charge in [-0.15, -0.1) is 0 Å². The molecule has 88 valence electrons. The van der Waals surface area contributed by atoms with Crippen LogP contribution in [0.2, 0.25) is 0 Å². The number of hydrogen-bond acceptors (Lipinski definition) is 1. The zero-order valence-electron chi connectivity index (χ0n) is 10.2. The second-order valence-corrected chi connectivity index (χ2v) is 3.06. The number of benzene rings is 1. The Kier molecular flexibility index (Phi) is 6.46. The zero-order valence-corrected chi connectivity index (χ0v) is 10.2. The van der Waals surface area contributed by atoms with E-state index in [1.807, 2.05) is 13.8 Å². The molecule has 0 aromatic heterocycles. The topological polar surface area (TPSA) is 29.1 Å². The van der Waals surface area contributed by atoms with E-state index < -0.39 is 5.82 Å². The van der Waals surface area contributed by atoms with Crippen LogP contribution in [-0.2, 0) is 4.79 Å². The monoisotopic (exact) mass is 223 g/mol. The lowest BCUT2D eigenvalue weighted by Gasteiger charge is -2.10. The molecular formula is C12H19BFNO. The van der Waals surface area contributed by atoms with Gasteiger partial charge in [0.05, 0.1) is 5.69 Å². The molecule has 0 saturated heterocycles. The summed E-state index contributed by atoms with van der Waals surface area (Å²) < 4.78 is 13.4. The molecule has 0 fully saturated rings. The fraction of sp³-hybridized carbons (Fsp3) is 0.417. The minimum Gasteiger partial charge on any atom is -0.323 e. The number of nitrogens with one attached hydrogen (secondary N) is 1. The lowest BCUT2D eigenvalue weighted by molar-refractivity contribution is -0.115. The molecule has 1 aromatic carbocycles. The SMILES string of the molecule is CC.[B]c1ccc(C)c(NC(=O)CC)c1F.[HH]. The largest absolute Gasteiger partial charge is 0.323 e. The van der Waals surface area contributed by atoms with Gasteiger partial charge < -0.3 is 5.32 Å². The van der Waals surface area contributed by atoms with Crippen LogP contribution in [0.25, 0.3) is 0 Å². The van der Waals surface area contributed by atoms with E-state index in [1.54, 1.807) is 19.9 Å². The van der Waals surface area contributed by atoms with Gasteiger partial charge in [-0.2, -0.15) is 0 Å². The molecule has 16 heavy (non-hydrogen) atoms. The van der Waals surface area contributed by atoms with Gasteiger partial charge in [-0.3, -0.25) is 4.79 Å². The second kappa shape index (κ2) is 7.04. The molecule has 1 aromatic rings. The molecule has 1 rings (SSSR count). The molecule has 4 heteroatoms. The van der Waals surface area contributed by atoms with E-state index in [4.69, 9.17) is 7.85 Å². The van der Waals surface area contributed by atoms with Gasteiger partial charge in [-0.25, -0.2) is 4.39 Å². The molecule has 2 nitrogen and oxygen atoms in total. The van der Waals surface area contributed by atoms with E-state index in [1.165, 1.54) is 6.07 Å². The minimum atomic E-state index is -0.563. The van der Waals surface area contributed by atoms with E-state index in [9.17, 15) is 9.18 Å². The third kappa shape index (κ3) is 3.68. The van der Waals surface area contributed by atoms with Crippen molar-refractivity contribution in [3.63, 3.8) is 0 Å². The molecule has 0 heterocycles. The third-order valence-electron chi connectivity index (χ3n) is 1.97. The van der Waals surface area contributed by atoms with Crippen molar-refractivity contribution in [3.05, 3.63) is 23.5 Å². The highest BCUT2D eigenvalue weighted by atomic mass is 19.1. The average Bonchev–Trinajstić information content (AvgIpc) is 2.32. The van der Waals surface area contributed by atoms with Crippen molar-refractivity contribution in [3.8, 4) is 0 Å². The first kappa shape index (κ1) is 14.7. The van der Waals surface area contributed by atoms with Crippen LogP contribution in [0.15, 0.2) is 12.1 Å². The van der Waals surface area contributed by atoms with Crippen molar-refractivity contribution in [1.82, 2.24) is 0 Å². The standard InChI is InChI=1S/C10H11BFNO.C2H6.H2/c1-3-8(14)13-10-6(2)4-5-7(11)9(10)12;1-2;/h4-5H,3H2,1-2H3,(H,13,14);1-2H3;1H. The fourth-order valence-electron chi connectivity index (χ4n) is 1.07. The van der Waals surface area contributed by atoms with Crippen LogP contribution in [0.5, 0.6) is 0 Å². The van der Waals surface area contributed by atoms with Gasteiger partial charge in [-0.05, 0) is 12.5 Å². The Hall–Kier alpha value is -1.32. The van der Waals surface area contributed by atoms with Crippen molar-refractivity contribution in [1.29, 1.82) is 0 Å². The summed E-state index contributed by atoms with van der Waals surface area (Å²) in [5.41, 5.74) is 0.886. The highest BCUT2D eigenvalue weighted by molar-refractivity contribution is 6.33. The highest BCUT2D eigenvalue weighted by Crippen LogP contribution is 2.16. The first-order valence-electron chi connectivity index (χ1n) is 5.40. The molecule has 0 atom stereocenters. The Bertz CT molecular complexity index is 372. The number of halogens is 1. The average molecular weight is 223 g/mol. The first-order valence-corrected chi connectivity index (χ1v) is 5.40. The third-order valence-corrected chi connectivity index (χ3v) is 1.97. The summed E-state index contributed by atoms with van der Waals surface area (Å²) in [6, 6.07) is 3.15. The second-order valence-electron chi connectivity index (χ2n) is 3.06. The normalized spacial score (nSPS) is 9.06. The van der Waals surface area contributed by atoms with Crippen LogP contribution in [0.1, 0.15) is 34.2 Å².